The SMILES string of the molecule is CNCCCNCc1ccc(Br)c(F)c1. The van der Waals surface area contributed by atoms with Crippen molar-refractivity contribution in [2.75, 3.05) is 20.1 Å². The molecular formula is C11H16BrFN2. The normalized spacial score (nSPS) is 10.6. The largest absolute Gasteiger partial charge is 0.320 e. The lowest BCUT2D eigenvalue weighted by Crippen LogP contribution is -2.19. The van der Waals surface area contributed by atoms with Gasteiger partial charge in [0.1, 0.15) is 5.82 Å². The first-order chi connectivity index (χ1) is 7.24. The molecule has 0 aliphatic rings. The third-order valence-corrected chi connectivity index (χ3v) is 2.74. The lowest BCUT2D eigenvalue weighted by Gasteiger charge is -2.05. The average Bonchev–Trinajstić information content (AvgIpc) is 2.23. The van der Waals surface area contributed by atoms with Gasteiger partial charge >= 0.3 is 0 Å². The molecular weight excluding hydrogens is 259 g/mol. The highest BCUT2D eigenvalue weighted by Gasteiger charge is 1.99. The summed E-state index contributed by atoms with van der Waals surface area (Å²) in [5.74, 6) is -0.204. The van der Waals surface area contributed by atoms with Crippen LogP contribution < -0.4 is 10.6 Å². The van der Waals surface area contributed by atoms with E-state index in [2.05, 4.69) is 26.6 Å². The van der Waals surface area contributed by atoms with E-state index >= 15 is 0 Å². The van der Waals surface area contributed by atoms with Crippen molar-refractivity contribution in [1.29, 1.82) is 0 Å². The fourth-order valence-electron chi connectivity index (χ4n) is 1.27. The highest BCUT2D eigenvalue weighted by molar-refractivity contribution is 9.10. The standard InChI is InChI=1S/C11H16BrFN2/c1-14-5-2-6-15-8-9-3-4-10(12)11(13)7-9/h3-4,7,14-15H,2,5-6,8H2,1H3. The van der Waals surface area contributed by atoms with Crippen molar-refractivity contribution >= 4 is 15.9 Å². The Morgan fingerprint density at radius 2 is 2.13 bits per heavy atom. The molecule has 0 amide bonds. The molecule has 1 aromatic rings. The molecule has 0 saturated heterocycles. The maximum Gasteiger partial charge on any atom is 0.137 e. The lowest BCUT2D eigenvalue weighted by molar-refractivity contribution is 0.605. The second-order valence-electron chi connectivity index (χ2n) is 3.38. The van der Waals surface area contributed by atoms with Crippen LogP contribution >= 0.6 is 15.9 Å². The second-order valence-corrected chi connectivity index (χ2v) is 4.24. The van der Waals surface area contributed by atoms with Crippen LogP contribution in [-0.4, -0.2) is 20.1 Å². The zero-order valence-corrected chi connectivity index (χ0v) is 10.4. The molecule has 0 aliphatic carbocycles. The van der Waals surface area contributed by atoms with Gasteiger partial charge in [-0.2, -0.15) is 0 Å². The fourth-order valence-corrected chi connectivity index (χ4v) is 1.52. The van der Waals surface area contributed by atoms with Gasteiger partial charge < -0.3 is 10.6 Å². The van der Waals surface area contributed by atoms with Crippen molar-refractivity contribution in [3.8, 4) is 0 Å². The zero-order chi connectivity index (χ0) is 11.1. The molecule has 0 unspecified atom stereocenters. The molecule has 0 bridgehead atoms. The quantitative estimate of drug-likeness (QED) is 0.778. The number of hydrogen-bond acceptors (Lipinski definition) is 2. The molecule has 15 heavy (non-hydrogen) atoms. The van der Waals surface area contributed by atoms with Gasteiger partial charge in [0.25, 0.3) is 0 Å². The first-order valence-electron chi connectivity index (χ1n) is 5.03. The van der Waals surface area contributed by atoms with E-state index in [-0.39, 0.29) is 5.82 Å². The Hall–Kier alpha value is -0.450. The second kappa shape index (κ2) is 6.93. The molecule has 2 nitrogen and oxygen atoms in total. The summed E-state index contributed by atoms with van der Waals surface area (Å²) in [6, 6.07) is 5.20. The number of rotatable bonds is 6. The minimum atomic E-state index is -0.204. The highest BCUT2D eigenvalue weighted by Crippen LogP contribution is 2.16. The molecule has 0 heterocycles. The van der Waals surface area contributed by atoms with Crippen LogP contribution in [0.25, 0.3) is 0 Å². The maximum atomic E-state index is 13.1. The van der Waals surface area contributed by atoms with Gasteiger partial charge in [-0.15, -0.1) is 0 Å². The van der Waals surface area contributed by atoms with Crippen LogP contribution in [0, 0.1) is 5.82 Å². The number of hydrogen-bond donors (Lipinski definition) is 2. The zero-order valence-electron chi connectivity index (χ0n) is 8.82. The van der Waals surface area contributed by atoms with Crippen molar-refractivity contribution in [2.24, 2.45) is 0 Å². The Balaban J connectivity index is 2.28. The van der Waals surface area contributed by atoms with Crippen molar-refractivity contribution in [2.45, 2.75) is 13.0 Å². The minimum absolute atomic E-state index is 0.204. The topological polar surface area (TPSA) is 24.1 Å². The number of benzene rings is 1. The molecule has 0 saturated carbocycles. The Labute approximate surface area is 98.4 Å². The minimum Gasteiger partial charge on any atom is -0.320 e. The molecule has 0 atom stereocenters. The Bertz CT molecular complexity index is 305. The fraction of sp³-hybridized carbons (Fsp3) is 0.455. The van der Waals surface area contributed by atoms with E-state index in [1.54, 1.807) is 12.1 Å². The molecule has 2 N–H and O–H groups in total. The van der Waals surface area contributed by atoms with Gasteiger partial charge in [-0.05, 0) is 60.2 Å². The van der Waals surface area contributed by atoms with Crippen molar-refractivity contribution in [3.05, 3.63) is 34.1 Å². The summed E-state index contributed by atoms with van der Waals surface area (Å²) in [4.78, 5) is 0. The first-order valence-corrected chi connectivity index (χ1v) is 5.82. The van der Waals surface area contributed by atoms with E-state index in [9.17, 15) is 4.39 Å². The summed E-state index contributed by atoms with van der Waals surface area (Å²) >= 11 is 3.13. The summed E-state index contributed by atoms with van der Waals surface area (Å²) in [5, 5.41) is 6.34. The van der Waals surface area contributed by atoms with Crippen molar-refractivity contribution < 1.29 is 4.39 Å². The Kier molecular flexibility index (Phi) is 5.83. The van der Waals surface area contributed by atoms with Crippen molar-refractivity contribution in [3.63, 3.8) is 0 Å². The molecule has 0 radical (unpaired) electrons. The molecule has 4 heteroatoms. The van der Waals surface area contributed by atoms with Crippen LogP contribution in [0.15, 0.2) is 22.7 Å². The van der Waals surface area contributed by atoms with Gasteiger partial charge in [-0.3, -0.25) is 0 Å². The van der Waals surface area contributed by atoms with E-state index in [0.29, 0.717) is 11.0 Å². The van der Waals surface area contributed by atoms with Crippen LogP contribution in [0.1, 0.15) is 12.0 Å². The molecule has 84 valence electrons. The number of nitrogens with one attached hydrogen (secondary N) is 2. The van der Waals surface area contributed by atoms with Gasteiger partial charge in [-0.1, -0.05) is 6.07 Å². The molecule has 0 aromatic heterocycles. The van der Waals surface area contributed by atoms with E-state index in [4.69, 9.17) is 0 Å². The van der Waals surface area contributed by atoms with Crippen LogP contribution in [0.2, 0.25) is 0 Å². The molecule has 0 fully saturated rings. The van der Waals surface area contributed by atoms with Gasteiger partial charge in [0.2, 0.25) is 0 Å². The third-order valence-electron chi connectivity index (χ3n) is 2.09. The maximum absolute atomic E-state index is 13.1. The van der Waals surface area contributed by atoms with E-state index in [1.165, 1.54) is 0 Å². The van der Waals surface area contributed by atoms with Crippen LogP contribution in [0.4, 0.5) is 4.39 Å². The Morgan fingerprint density at radius 3 is 2.80 bits per heavy atom. The molecule has 1 rings (SSSR count). The molecule has 0 spiro atoms. The lowest BCUT2D eigenvalue weighted by atomic mass is 10.2. The monoisotopic (exact) mass is 274 g/mol. The van der Waals surface area contributed by atoms with E-state index in [1.807, 2.05) is 13.1 Å². The molecule has 1 aromatic carbocycles. The van der Waals surface area contributed by atoms with Crippen molar-refractivity contribution in [1.82, 2.24) is 10.6 Å². The first kappa shape index (κ1) is 12.6. The predicted octanol–water partition coefficient (Wildman–Crippen LogP) is 2.29. The van der Waals surface area contributed by atoms with Crippen LogP contribution in [0.3, 0.4) is 0 Å². The molecule has 0 aliphatic heterocycles. The van der Waals surface area contributed by atoms with Gasteiger partial charge in [0.05, 0.1) is 4.47 Å². The number of halogens is 2. The van der Waals surface area contributed by atoms with E-state index in [0.717, 1.165) is 25.1 Å². The smallest absolute Gasteiger partial charge is 0.137 e. The Morgan fingerprint density at radius 1 is 1.33 bits per heavy atom. The van der Waals surface area contributed by atoms with Gasteiger partial charge in [-0.25, -0.2) is 4.39 Å². The van der Waals surface area contributed by atoms with Crippen LogP contribution in [0.5, 0.6) is 0 Å². The van der Waals surface area contributed by atoms with Crippen LogP contribution in [-0.2, 0) is 6.54 Å². The summed E-state index contributed by atoms with van der Waals surface area (Å²) in [7, 11) is 1.93. The van der Waals surface area contributed by atoms with E-state index < -0.39 is 0 Å². The summed E-state index contributed by atoms with van der Waals surface area (Å²) in [6.45, 7) is 2.66. The summed E-state index contributed by atoms with van der Waals surface area (Å²) < 4.78 is 13.6. The van der Waals surface area contributed by atoms with Gasteiger partial charge in [0.15, 0.2) is 0 Å². The summed E-state index contributed by atoms with van der Waals surface area (Å²) in [6.07, 6.45) is 1.08. The summed E-state index contributed by atoms with van der Waals surface area (Å²) in [5.41, 5.74) is 0.972. The highest BCUT2D eigenvalue weighted by atomic mass is 79.9. The van der Waals surface area contributed by atoms with Gasteiger partial charge in [0, 0.05) is 6.54 Å². The predicted molar refractivity (Wildman–Crippen MR) is 64.4 cm³/mol. The average molecular weight is 275 g/mol. The third kappa shape index (κ3) is 4.73.